The van der Waals surface area contributed by atoms with Crippen LogP contribution in [0.1, 0.15) is 37.3 Å². The van der Waals surface area contributed by atoms with Crippen LogP contribution in [-0.2, 0) is 6.54 Å². The normalized spacial score (nSPS) is 16.5. The number of guanidine groups is 1. The lowest BCUT2D eigenvalue weighted by molar-refractivity contribution is 0.232. The van der Waals surface area contributed by atoms with Crippen molar-refractivity contribution >= 4 is 29.9 Å². The highest BCUT2D eigenvalue weighted by atomic mass is 127. The third kappa shape index (κ3) is 6.48. The van der Waals surface area contributed by atoms with Crippen molar-refractivity contribution in [3.63, 3.8) is 0 Å². The molecule has 0 radical (unpaired) electrons. The zero-order valence-electron chi connectivity index (χ0n) is 17.6. The van der Waals surface area contributed by atoms with Crippen LogP contribution in [0.5, 0.6) is 11.6 Å². The maximum Gasteiger partial charge on any atom is 0.213 e. The molecule has 1 N–H and O–H groups in total. The second-order valence-electron chi connectivity index (χ2n) is 7.28. The average Bonchev–Trinajstić information content (AvgIpc) is 3.19. The van der Waals surface area contributed by atoms with Gasteiger partial charge in [-0.25, -0.2) is 4.98 Å². The van der Waals surface area contributed by atoms with E-state index < -0.39 is 0 Å². The van der Waals surface area contributed by atoms with Gasteiger partial charge in [0.1, 0.15) is 5.75 Å². The molecule has 1 atom stereocenters. The highest BCUT2D eigenvalue weighted by Crippen LogP contribution is 2.28. The molecule has 1 aromatic heterocycles. The lowest BCUT2D eigenvalue weighted by Gasteiger charge is -2.22. The van der Waals surface area contributed by atoms with Gasteiger partial charge in [0.15, 0.2) is 5.96 Å². The van der Waals surface area contributed by atoms with Crippen LogP contribution in [0.4, 0.5) is 0 Å². The van der Waals surface area contributed by atoms with Gasteiger partial charge in [-0.05, 0) is 43.5 Å². The monoisotopic (exact) mass is 510 g/mol. The molecule has 1 saturated heterocycles. The Labute approximate surface area is 190 Å². The maximum absolute atomic E-state index is 5.59. The van der Waals surface area contributed by atoms with Crippen molar-refractivity contribution in [3.8, 4) is 11.6 Å². The van der Waals surface area contributed by atoms with Crippen molar-refractivity contribution < 1.29 is 9.47 Å². The van der Waals surface area contributed by atoms with Crippen LogP contribution >= 0.6 is 24.0 Å². The number of nitrogens with zero attached hydrogens (tertiary/aromatic N) is 3. The summed E-state index contributed by atoms with van der Waals surface area (Å²) in [6.07, 6.45) is 3.10. The molecule has 0 bridgehead atoms. The van der Waals surface area contributed by atoms with Gasteiger partial charge in [-0.2, -0.15) is 0 Å². The topological polar surface area (TPSA) is 59.0 Å². The minimum absolute atomic E-state index is 0. The smallest absolute Gasteiger partial charge is 0.213 e. The zero-order chi connectivity index (χ0) is 19.9. The SMILES string of the molecule is CN=C(NCc1ccc(OC(C)C)nc1)N1CCC(c2ccc(OC)cc2)C1.I. The maximum atomic E-state index is 5.59. The highest BCUT2D eigenvalue weighted by Gasteiger charge is 2.26. The molecule has 1 aliphatic heterocycles. The van der Waals surface area contributed by atoms with E-state index in [1.807, 2.05) is 51.4 Å². The van der Waals surface area contributed by atoms with Gasteiger partial charge in [0.25, 0.3) is 0 Å². The first-order chi connectivity index (χ1) is 13.6. The van der Waals surface area contributed by atoms with Gasteiger partial charge in [0.05, 0.1) is 13.2 Å². The number of likely N-dealkylation sites (tertiary alicyclic amines) is 1. The lowest BCUT2D eigenvalue weighted by atomic mass is 9.98. The Kier molecular flexibility index (Phi) is 9.00. The molecule has 3 rings (SSSR count). The van der Waals surface area contributed by atoms with E-state index in [1.165, 1.54) is 5.56 Å². The van der Waals surface area contributed by atoms with Gasteiger partial charge in [0, 0.05) is 44.9 Å². The quantitative estimate of drug-likeness (QED) is 0.361. The Bertz CT molecular complexity index is 778. The largest absolute Gasteiger partial charge is 0.497 e. The van der Waals surface area contributed by atoms with Crippen LogP contribution in [-0.4, -0.2) is 49.2 Å². The van der Waals surface area contributed by atoms with Gasteiger partial charge in [0.2, 0.25) is 5.88 Å². The van der Waals surface area contributed by atoms with Gasteiger partial charge in [-0.15, -0.1) is 24.0 Å². The number of halogens is 1. The second-order valence-corrected chi connectivity index (χ2v) is 7.28. The van der Waals surface area contributed by atoms with Crippen LogP contribution in [0, 0.1) is 0 Å². The molecule has 0 spiro atoms. The molecular weight excluding hydrogens is 479 g/mol. The lowest BCUT2D eigenvalue weighted by Crippen LogP contribution is -2.39. The van der Waals surface area contributed by atoms with E-state index in [0.717, 1.165) is 36.8 Å². The van der Waals surface area contributed by atoms with Crippen molar-refractivity contribution in [1.82, 2.24) is 15.2 Å². The molecule has 29 heavy (non-hydrogen) atoms. The fraction of sp³-hybridized carbons (Fsp3) is 0.455. The standard InChI is InChI=1S/C22H30N4O2.HI/c1-16(2)28-21-10-5-17(13-24-21)14-25-22(23-3)26-12-11-19(15-26)18-6-8-20(27-4)9-7-18;/h5-10,13,16,19H,11-12,14-15H2,1-4H3,(H,23,25);1H. The van der Waals surface area contributed by atoms with Gasteiger partial charge < -0.3 is 19.7 Å². The first kappa shape index (κ1) is 23.3. The minimum atomic E-state index is 0. The highest BCUT2D eigenvalue weighted by molar-refractivity contribution is 14.0. The minimum Gasteiger partial charge on any atom is -0.497 e. The summed E-state index contributed by atoms with van der Waals surface area (Å²) < 4.78 is 10.9. The predicted octanol–water partition coefficient (Wildman–Crippen LogP) is 4.06. The number of hydrogen-bond acceptors (Lipinski definition) is 4. The van der Waals surface area contributed by atoms with E-state index in [9.17, 15) is 0 Å². The number of nitrogens with one attached hydrogen (secondary N) is 1. The Morgan fingerprint density at radius 1 is 1.24 bits per heavy atom. The zero-order valence-corrected chi connectivity index (χ0v) is 19.9. The number of aliphatic imine (C=N–C) groups is 1. The Morgan fingerprint density at radius 3 is 2.59 bits per heavy atom. The first-order valence-corrected chi connectivity index (χ1v) is 9.80. The van der Waals surface area contributed by atoms with E-state index in [1.54, 1.807) is 7.11 Å². The van der Waals surface area contributed by atoms with Gasteiger partial charge in [-0.3, -0.25) is 4.99 Å². The summed E-state index contributed by atoms with van der Waals surface area (Å²) in [5, 5.41) is 3.45. The van der Waals surface area contributed by atoms with E-state index >= 15 is 0 Å². The van der Waals surface area contributed by atoms with E-state index in [4.69, 9.17) is 9.47 Å². The average molecular weight is 510 g/mol. The van der Waals surface area contributed by atoms with E-state index in [0.29, 0.717) is 18.3 Å². The summed E-state index contributed by atoms with van der Waals surface area (Å²) in [6, 6.07) is 12.3. The molecule has 6 nitrogen and oxygen atoms in total. The van der Waals surface area contributed by atoms with Gasteiger partial charge >= 0.3 is 0 Å². The fourth-order valence-electron chi connectivity index (χ4n) is 3.44. The molecule has 1 aromatic carbocycles. The molecule has 1 aliphatic rings. The molecule has 0 saturated carbocycles. The third-order valence-corrected chi connectivity index (χ3v) is 4.89. The summed E-state index contributed by atoms with van der Waals surface area (Å²) >= 11 is 0. The van der Waals surface area contributed by atoms with Crippen LogP contribution in [0.3, 0.4) is 0 Å². The number of pyridine rings is 1. The van der Waals surface area contributed by atoms with Gasteiger partial charge in [-0.1, -0.05) is 18.2 Å². The summed E-state index contributed by atoms with van der Waals surface area (Å²) in [4.78, 5) is 11.1. The number of hydrogen-bond donors (Lipinski definition) is 1. The number of rotatable bonds is 6. The van der Waals surface area contributed by atoms with Crippen molar-refractivity contribution in [2.45, 2.75) is 38.8 Å². The Balaban J connectivity index is 0.00000300. The van der Waals surface area contributed by atoms with Crippen molar-refractivity contribution in [2.24, 2.45) is 4.99 Å². The van der Waals surface area contributed by atoms with Crippen molar-refractivity contribution in [3.05, 3.63) is 53.7 Å². The van der Waals surface area contributed by atoms with Crippen LogP contribution in [0.25, 0.3) is 0 Å². The molecule has 2 aromatic rings. The second kappa shape index (κ2) is 11.2. The first-order valence-electron chi connectivity index (χ1n) is 9.80. The molecule has 158 valence electrons. The number of benzene rings is 1. The third-order valence-electron chi connectivity index (χ3n) is 4.89. The van der Waals surface area contributed by atoms with E-state index in [-0.39, 0.29) is 30.1 Å². The van der Waals surface area contributed by atoms with Crippen LogP contribution in [0.15, 0.2) is 47.6 Å². The number of aromatic nitrogens is 1. The summed E-state index contributed by atoms with van der Waals surface area (Å²) in [5.41, 5.74) is 2.45. The summed E-state index contributed by atoms with van der Waals surface area (Å²) in [7, 11) is 3.53. The Hall–Kier alpha value is -2.03. The van der Waals surface area contributed by atoms with Crippen molar-refractivity contribution in [1.29, 1.82) is 0 Å². The number of ether oxygens (including phenoxy) is 2. The molecule has 7 heteroatoms. The van der Waals surface area contributed by atoms with Crippen LogP contribution < -0.4 is 14.8 Å². The molecule has 0 amide bonds. The molecular formula is C22H31IN4O2. The summed E-state index contributed by atoms with van der Waals surface area (Å²) in [5.74, 6) is 3.00. The number of methoxy groups -OCH3 is 1. The molecule has 2 heterocycles. The molecule has 0 aliphatic carbocycles. The fourth-order valence-corrected chi connectivity index (χ4v) is 3.44. The Morgan fingerprint density at radius 2 is 2.00 bits per heavy atom. The predicted molar refractivity (Wildman–Crippen MR) is 128 cm³/mol. The van der Waals surface area contributed by atoms with E-state index in [2.05, 4.69) is 32.3 Å². The van der Waals surface area contributed by atoms with Crippen LogP contribution in [0.2, 0.25) is 0 Å². The molecule has 1 fully saturated rings. The summed E-state index contributed by atoms with van der Waals surface area (Å²) in [6.45, 7) is 6.64. The van der Waals surface area contributed by atoms with Crippen molar-refractivity contribution in [2.75, 3.05) is 27.2 Å². The molecule has 1 unspecified atom stereocenters.